The number of hydrogen-bond donors (Lipinski definition) is 1. The average Bonchev–Trinajstić information content (AvgIpc) is 3.21. The van der Waals surface area contributed by atoms with Crippen LogP contribution in [0.2, 0.25) is 0 Å². The zero-order valence-electron chi connectivity index (χ0n) is 13.3. The Balaban J connectivity index is 1.45. The summed E-state index contributed by atoms with van der Waals surface area (Å²) in [5.41, 5.74) is 1.15. The van der Waals surface area contributed by atoms with Gasteiger partial charge in [0.25, 0.3) is 0 Å². The van der Waals surface area contributed by atoms with E-state index in [1.165, 1.54) is 12.1 Å². The van der Waals surface area contributed by atoms with Crippen molar-refractivity contribution in [1.29, 1.82) is 0 Å². The van der Waals surface area contributed by atoms with Crippen LogP contribution in [0.4, 0.5) is 8.78 Å². The highest BCUT2D eigenvalue weighted by Crippen LogP contribution is 2.59. The maximum absolute atomic E-state index is 14.1. The van der Waals surface area contributed by atoms with Gasteiger partial charge in [0, 0.05) is 18.4 Å². The van der Waals surface area contributed by atoms with Crippen molar-refractivity contribution in [2.24, 2.45) is 5.92 Å². The molecule has 2 fully saturated rings. The van der Waals surface area contributed by atoms with E-state index < -0.39 is 11.2 Å². The predicted molar refractivity (Wildman–Crippen MR) is 87.7 cm³/mol. The van der Waals surface area contributed by atoms with Gasteiger partial charge in [0.2, 0.25) is 0 Å². The minimum atomic E-state index is -0.426. The van der Waals surface area contributed by atoms with Gasteiger partial charge in [-0.1, -0.05) is 30.3 Å². The first-order valence-corrected chi connectivity index (χ1v) is 8.36. The second-order valence-corrected chi connectivity index (χ2v) is 6.90. The van der Waals surface area contributed by atoms with Gasteiger partial charge < -0.3 is 5.32 Å². The van der Waals surface area contributed by atoms with Gasteiger partial charge in [0.15, 0.2) is 0 Å². The van der Waals surface area contributed by atoms with Crippen molar-refractivity contribution in [3.63, 3.8) is 0 Å². The van der Waals surface area contributed by atoms with E-state index >= 15 is 0 Å². The van der Waals surface area contributed by atoms with Gasteiger partial charge in [-0.15, -0.1) is 0 Å². The number of carbonyl (C=O) groups is 1. The molecule has 1 heterocycles. The maximum atomic E-state index is 14.1. The van der Waals surface area contributed by atoms with Crippen molar-refractivity contribution in [3.8, 4) is 0 Å². The number of nitrogens with one attached hydrogen (secondary N) is 1. The summed E-state index contributed by atoms with van der Waals surface area (Å²) in [6.45, 7) is 0.541. The number of Topliss-reactive ketones (excluding diaryl/α,β-unsaturated/α-hetero) is 1. The summed E-state index contributed by atoms with van der Waals surface area (Å²) in [5.74, 6) is -0.555. The van der Waals surface area contributed by atoms with Crippen LogP contribution in [0.5, 0.6) is 0 Å². The zero-order chi connectivity index (χ0) is 16.7. The summed E-state index contributed by atoms with van der Waals surface area (Å²) in [6.07, 6.45) is 1.94. The van der Waals surface area contributed by atoms with Gasteiger partial charge in [0.1, 0.15) is 17.4 Å². The summed E-state index contributed by atoms with van der Waals surface area (Å²) in [6, 6.07) is 13.3. The van der Waals surface area contributed by atoms with Crippen molar-refractivity contribution in [1.82, 2.24) is 5.32 Å². The number of hydrogen-bond acceptors (Lipinski definition) is 2. The minimum absolute atomic E-state index is 0.0806. The fourth-order valence-corrected chi connectivity index (χ4v) is 4.10. The molecule has 1 aliphatic heterocycles. The monoisotopic (exact) mass is 327 g/mol. The molecule has 1 unspecified atom stereocenters. The van der Waals surface area contributed by atoms with Crippen LogP contribution in [-0.4, -0.2) is 18.4 Å². The highest BCUT2D eigenvalue weighted by Gasteiger charge is 2.64. The first-order chi connectivity index (χ1) is 11.6. The van der Waals surface area contributed by atoms with Gasteiger partial charge >= 0.3 is 0 Å². The SMILES string of the molecule is O=C(CCc1ccccc1)C1NC[C@@]2(c3cc(F)ccc3F)C[C@@H]12. The summed E-state index contributed by atoms with van der Waals surface area (Å²) in [7, 11) is 0. The second kappa shape index (κ2) is 5.78. The molecule has 4 heteroatoms. The van der Waals surface area contributed by atoms with Crippen molar-refractivity contribution >= 4 is 5.78 Å². The van der Waals surface area contributed by atoms with Gasteiger partial charge in [-0.25, -0.2) is 8.78 Å². The fourth-order valence-electron chi connectivity index (χ4n) is 4.10. The molecule has 2 aliphatic rings. The van der Waals surface area contributed by atoms with Crippen LogP contribution < -0.4 is 5.32 Å². The quantitative estimate of drug-likeness (QED) is 0.912. The van der Waals surface area contributed by atoms with Crippen molar-refractivity contribution < 1.29 is 13.6 Å². The number of rotatable bonds is 5. The first kappa shape index (κ1) is 15.5. The van der Waals surface area contributed by atoms with Gasteiger partial charge in [-0.3, -0.25) is 4.79 Å². The Morgan fingerprint density at radius 2 is 1.96 bits per heavy atom. The third-order valence-corrected chi connectivity index (χ3v) is 5.49. The van der Waals surface area contributed by atoms with Crippen LogP contribution in [0.1, 0.15) is 24.0 Å². The van der Waals surface area contributed by atoms with E-state index in [0.717, 1.165) is 18.1 Å². The zero-order valence-corrected chi connectivity index (χ0v) is 13.3. The Labute approximate surface area is 139 Å². The lowest BCUT2D eigenvalue weighted by Gasteiger charge is -2.13. The lowest BCUT2D eigenvalue weighted by Crippen LogP contribution is -2.35. The first-order valence-electron chi connectivity index (χ1n) is 8.36. The van der Waals surface area contributed by atoms with Gasteiger partial charge in [-0.2, -0.15) is 0 Å². The molecular formula is C20H19F2NO. The van der Waals surface area contributed by atoms with Gasteiger partial charge in [0.05, 0.1) is 6.04 Å². The Morgan fingerprint density at radius 1 is 1.17 bits per heavy atom. The molecule has 1 aliphatic carbocycles. The smallest absolute Gasteiger partial charge is 0.150 e. The Kier molecular flexibility index (Phi) is 3.72. The number of ketones is 1. The van der Waals surface area contributed by atoms with E-state index in [1.807, 2.05) is 30.3 Å². The van der Waals surface area contributed by atoms with Crippen molar-refractivity contribution in [2.45, 2.75) is 30.7 Å². The van der Waals surface area contributed by atoms with E-state index in [2.05, 4.69) is 5.32 Å². The third kappa shape index (κ3) is 2.55. The number of benzene rings is 2. The molecule has 0 spiro atoms. The molecule has 2 nitrogen and oxygen atoms in total. The van der Waals surface area contributed by atoms with E-state index in [9.17, 15) is 13.6 Å². The highest BCUT2D eigenvalue weighted by atomic mass is 19.1. The van der Waals surface area contributed by atoms with Crippen molar-refractivity contribution in [3.05, 3.63) is 71.3 Å². The molecule has 1 N–H and O–H groups in total. The topological polar surface area (TPSA) is 29.1 Å². The Morgan fingerprint density at radius 3 is 2.71 bits per heavy atom. The van der Waals surface area contributed by atoms with Crippen LogP contribution in [0.15, 0.2) is 48.5 Å². The van der Waals surface area contributed by atoms with E-state index in [4.69, 9.17) is 0 Å². The molecule has 4 rings (SSSR count). The molecule has 1 saturated carbocycles. The van der Waals surface area contributed by atoms with Gasteiger partial charge in [-0.05, 0) is 48.1 Å². The third-order valence-electron chi connectivity index (χ3n) is 5.49. The van der Waals surface area contributed by atoms with Crippen LogP contribution >= 0.6 is 0 Å². The maximum Gasteiger partial charge on any atom is 0.150 e. The molecular weight excluding hydrogens is 308 g/mol. The number of carbonyl (C=O) groups excluding carboxylic acids is 1. The summed E-state index contributed by atoms with van der Waals surface area (Å²) in [4.78, 5) is 12.6. The predicted octanol–water partition coefficient (Wildman–Crippen LogP) is 3.40. The number of aryl methyl sites for hydroxylation is 1. The largest absolute Gasteiger partial charge is 0.306 e. The molecule has 124 valence electrons. The van der Waals surface area contributed by atoms with E-state index in [0.29, 0.717) is 24.9 Å². The summed E-state index contributed by atoms with van der Waals surface area (Å²) in [5, 5.41) is 3.24. The lowest BCUT2D eigenvalue weighted by atomic mass is 9.92. The molecule has 0 amide bonds. The molecule has 3 atom stereocenters. The average molecular weight is 327 g/mol. The molecule has 2 aromatic rings. The Bertz CT molecular complexity index is 776. The molecule has 2 aromatic carbocycles. The van der Waals surface area contributed by atoms with Crippen LogP contribution in [-0.2, 0) is 16.6 Å². The standard InChI is InChI=1S/C20H19F2NO/c21-14-7-8-17(22)15(10-14)20-11-16(20)19(23-12-20)18(24)9-6-13-4-2-1-3-5-13/h1-5,7-8,10,16,19,23H,6,9,11-12H2/t16-,19?,20+/m0/s1. The lowest BCUT2D eigenvalue weighted by molar-refractivity contribution is -0.121. The normalized spacial score (nSPS) is 27.8. The summed E-state index contributed by atoms with van der Waals surface area (Å²) < 4.78 is 27.6. The van der Waals surface area contributed by atoms with Crippen LogP contribution in [0, 0.1) is 17.6 Å². The fraction of sp³-hybridized carbons (Fsp3) is 0.350. The minimum Gasteiger partial charge on any atom is -0.306 e. The Hall–Kier alpha value is -2.07. The van der Waals surface area contributed by atoms with Crippen LogP contribution in [0.3, 0.4) is 0 Å². The second-order valence-electron chi connectivity index (χ2n) is 6.90. The van der Waals surface area contributed by atoms with Crippen LogP contribution in [0.25, 0.3) is 0 Å². The number of piperidine rings is 1. The van der Waals surface area contributed by atoms with Crippen molar-refractivity contribution in [2.75, 3.05) is 6.54 Å². The number of fused-ring (bicyclic) bond motifs is 1. The molecule has 0 bridgehead atoms. The van der Waals surface area contributed by atoms with E-state index in [-0.39, 0.29) is 23.6 Å². The molecule has 1 saturated heterocycles. The number of halogens is 2. The molecule has 0 aromatic heterocycles. The molecule has 0 radical (unpaired) electrons. The van der Waals surface area contributed by atoms with E-state index in [1.54, 1.807) is 0 Å². The highest BCUT2D eigenvalue weighted by molar-refractivity contribution is 5.86. The summed E-state index contributed by atoms with van der Waals surface area (Å²) >= 11 is 0. The molecule has 24 heavy (non-hydrogen) atoms.